The van der Waals surface area contributed by atoms with Crippen LogP contribution < -0.4 is 0 Å². The Morgan fingerprint density at radius 3 is 2.40 bits per heavy atom. The zero-order valence-electron chi connectivity index (χ0n) is 13.2. The van der Waals surface area contributed by atoms with Crippen molar-refractivity contribution in [2.45, 2.75) is 53.4 Å². The SMILES string of the molecule is CC(=O)CCc1cc(C)c2cc(C(C)C)ccc(C)c1-2. The van der Waals surface area contributed by atoms with Gasteiger partial charge in [-0.3, -0.25) is 0 Å². The minimum Gasteiger partial charge on any atom is -0.300 e. The predicted molar refractivity (Wildman–Crippen MR) is 85.6 cm³/mol. The van der Waals surface area contributed by atoms with E-state index in [1.54, 1.807) is 6.92 Å². The molecule has 0 unspecified atom stereocenters. The number of hydrogen-bond acceptors (Lipinski definition) is 1. The van der Waals surface area contributed by atoms with Crippen molar-refractivity contribution in [2.24, 2.45) is 0 Å². The van der Waals surface area contributed by atoms with E-state index >= 15 is 0 Å². The van der Waals surface area contributed by atoms with Gasteiger partial charge >= 0.3 is 0 Å². The number of ketones is 1. The number of carbonyl (C=O) groups is 1. The zero-order chi connectivity index (χ0) is 14.9. The van der Waals surface area contributed by atoms with Crippen molar-refractivity contribution in [3.63, 3.8) is 0 Å². The highest BCUT2D eigenvalue weighted by Crippen LogP contribution is 2.36. The van der Waals surface area contributed by atoms with E-state index in [4.69, 9.17) is 0 Å². The lowest BCUT2D eigenvalue weighted by atomic mass is 9.99. The monoisotopic (exact) mass is 268 g/mol. The molecule has 0 amide bonds. The molecule has 0 N–H and O–H groups in total. The molecule has 0 fully saturated rings. The number of hydrogen-bond donors (Lipinski definition) is 0. The van der Waals surface area contributed by atoms with Crippen LogP contribution in [0.3, 0.4) is 0 Å². The number of aryl methyl sites for hydroxylation is 3. The van der Waals surface area contributed by atoms with Gasteiger partial charge in [0.2, 0.25) is 0 Å². The lowest BCUT2D eigenvalue weighted by Gasteiger charge is -2.05. The summed E-state index contributed by atoms with van der Waals surface area (Å²) in [4.78, 5) is 11.3. The normalized spacial score (nSPS) is 11.3. The molecule has 0 bridgehead atoms. The average Bonchev–Trinajstić information content (AvgIpc) is 2.55. The molecule has 0 aromatic carbocycles. The second-order valence-electron chi connectivity index (χ2n) is 6.16. The molecule has 2 aliphatic rings. The van der Waals surface area contributed by atoms with Gasteiger partial charge in [-0.15, -0.1) is 0 Å². The van der Waals surface area contributed by atoms with E-state index in [1.165, 1.54) is 33.4 Å². The van der Waals surface area contributed by atoms with Crippen LogP contribution in [0, 0.1) is 13.8 Å². The Hall–Kier alpha value is -1.63. The molecule has 0 aliphatic heterocycles. The summed E-state index contributed by atoms with van der Waals surface area (Å²) in [6, 6.07) is 9.02. The van der Waals surface area contributed by atoms with Crippen LogP contribution in [-0.4, -0.2) is 5.78 Å². The summed E-state index contributed by atoms with van der Waals surface area (Å²) < 4.78 is 0. The van der Waals surface area contributed by atoms with E-state index in [-0.39, 0.29) is 5.78 Å². The van der Waals surface area contributed by atoms with Crippen LogP contribution in [0.25, 0.3) is 11.1 Å². The molecule has 1 heteroatoms. The van der Waals surface area contributed by atoms with Crippen molar-refractivity contribution in [1.29, 1.82) is 0 Å². The fourth-order valence-corrected chi connectivity index (χ4v) is 2.82. The third kappa shape index (κ3) is 2.92. The topological polar surface area (TPSA) is 17.1 Å². The lowest BCUT2D eigenvalue weighted by molar-refractivity contribution is -0.116. The smallest absolute Gasteiger partial charge is 0.130 e. The highest BCUT2D eigenvalue weighted by atomic mass is 16.1. The second-order valence-corrected chi connectivity index (χ2v) is 6.16. The van der Waals surface area contributed by atoms with Crippen molar-refractivity contribution in [1.82, 2.24) is 0 Å². The van der Waals surface area contributed by atoms with Gasteiger partial charge in [-0.1, -0.05) is 38.1 Å². The third-order valence-corrected chi connectivity index (χ3v) is 4.05. The molecule has 0 saturated heterocycles. The minimum atomic E-state index is 0.262. The summed E-state index contributed by atoms with van der Waals surface area (Å²) in [5.74, 6) is 0.790. The van der Waals surface area contributed by atoms with E-state index in [2.05, 4.69) is 52.0 Å². The molecule has 106 valence electrons. The Bertz CT molecular complexity index is 608. The van der Waals surface area contributed by atoms with Crippen LogP contribution in [0.5, 0.6) is 0 Å². The van der Waals surface area contributed by atoms with Gasteiger partial charge < -0.3 is 4.79 Å². The Morgan fingerprint density at radius 2 is 1.80 bits per heavy atom. The van der Waals surface area contributed by atoms with Crippen molar-refractivity contribution >= 4 is 5.78 Å². The highest BCUT2D eigenvalue weighted by molar-refractivity contribution is 5.80. The molecule has 0 aromatic rings. The maximum atomic E-state index is 11.3. The summed E-state index contributed by atoms with van der Waals surface area (Å²) in [6.45, 7) is 10.5. The fraction of sp³-hybridized carbons (Fsp3) is 0.421. The standard InChI is InChI=1S/C19H24O/c1-12(2)16-8-6-13(3)19-17(9-7-15(5)20)10-14(4)18(19)11-16/h6,8,10-12H,7,9H2,1-5H3. The molecule has 0 spiro atoms. The molecule has 0 saturated carbocycles. The van der Waals surface area contributed by atoms with Crippen molar-refractivity contribution in [3.8, 4) is 11.1 Å². The minimum absolute atomic E-state index is 0.262. The molecule has 0 aromatic heterocycles. The summed E-state index contributed by atoms with van der Waals surface area (Å²) in [5, 5.41) is 0. The first-order valence-corrected chi connectivity index (χ1v) is 7.42. The first-order chi connectivity index (χ1) is 9.40. The van der Waals surface area contributed by atoms with Gasteiger partial charge in [0.05, 0.1) is 0 Å². The van der Waals surface area contributed by atoms with Gasteiger partial charge in [0.25, 0.3) is 0 Å². The molecular formula is C19H24O. The number of carbonyl (C=O) groups excluding carboxylic acids is 1. The first-order valence-electron chi connectivity index (χ1n) is 7.42. The van der Waals surface area contributed by atoms with Gasteiger partial charge in [0.1, 0.15) is 5.78 Å². The molecule has 0 radical (unpaired) electrons. The third-order valence-electron chi connectivity index (χ3n) is 4.05. The Morgan fingerprint density at radius 1 is 1.10 bits per heavy atom. The van der Waals surface area contributed by atoms with Crippen LogP contribution in [0.1, 0.15) is 55.4 Å². The number of rotatable bonds is 4. The van der Waals surface area contributed by atoms with Crippen molar-refractivity contribution < 1.29 is 4.79 Å². The predicted octanol–water partition coefficient (Wildman–Crippen LogP) is 5.05. The molecule has 0 heterocycles. The molecule has 2 rings (SSSR count). The van der Waals surface area contributed by atoms with Gasteiger partial charge in [-0.25, -0.2) is 0 Å². The maximum Gasteiger partial charge on any atom is 0.130 e. The van der Waals surface area contributed by atoms with Crippen LogP contribution in [-0.2, 0) is 11.2 Å². The summed E-state index contributed by atoms with van der Waals surface area (Å²) in [5.41, 5.74) is 8.00. The Kier molecular flexibility index (Phi) is 4.27. The van der Waals surface area contributed by atoms with Crippen LogP contribution in [0.15, 0.2) is 24.3 Å². The van der Waals surface area contributed by atoms with Crippen LogP contribution in [0.2, 0.25) is 0 Å². The average molecular weight is 268 g/mol. The van der Waals surface area contributed by atoms with E-state index in [1.807, 2.05) is 0 Å². The van der Waals surface area contributed by atoms with Crippen LogP contribution in [0.4, 0.5) is 0 Å². The summed E-state index contributed by atoms with van der Waals surface area (Å²) >= 11 is 0. The molecule has 2 aliphatic carbocycles. The lowest BCUT2D eigenvalue weighted by Crippen LogP contribution is -1.94. The van der Waals surface area contributed by atoms with E-state index in [0.717, 1.165) is 6.42 Å². The van der Waals surface area contributed by atoms with E-state index < -0.39 is 0 Å². The Labute approximate surface area is 122 Å². The van der Waals surface area contributed by atoms with Crippen LogP contribution >= 0.6 is 0 Å². The fourth-order valence-electron chi connectivity index (χ4n) is 2.82. The zero-order valence-corrected chi connectivity index (χ0v) is 13.2. The van der Waals surface area contributed by atoms with Crippen molar-refractivity contribution in [3.05, 3.63) is 46.5 Å². The molecule has 1 nitrogen and oxygen atoms in total. The second kappa shape index (κ2) is 5.78. The van der Waals surface area contributed by atoms with E-state index in [0.29, 0.717) is 12.3 Å². The van der Waals surface area contributed by atoms with E-state index in [9.17, 15) is 4.79 Å². The maximum absolute atomic E-state index is 11.3. The van der Waals surface area contributed by atoms with Gasteiger partial charge in [-0.05, 0) is 66.5 Å². The largest absolute Gasteiger partial charge is 0.300 e. The highest BCUT2D eigenvalue weighted by Gasteiger charge is 2.16. The van der Waals surface area contributed by atoms with Gasteiger partial charge in [0.15, 0.2) is 0 Å². The van der Waals surface area contributed by atoms with Crippen molar-refractivity contribution in [2.75, 3.05) is 0 Å². The molecular weight excluding hydrogens is 244 g/mol. The summed E-state index contributed by atoms with van der Waals surface area (Å²) in [6.07, 6.45) is 1.48. The summed E-state index contributed by atoms with van der Waals surface area (Å²) in [7, 11) is 0. The quantitative estimate of drug-likeness (QED) is 0.758. The number of fused-ring (bicyclic) bond motifs is 1. The number of Topliss-reactive ketones (excluding diaryl/α,β-unsaturated/α-hetero) is 1. The molecule has 0 atom stereocenters. The molecule has 20 heavy (non-hydrogen) atoms. The van der Waals surface area contributed by atoms with Gasteiger partial charge in [-0.2, -0.15) is 0 Å². The Balaban J connectivity index is 2.54. The van der Waals surface area contributed by atoms with Gasteiger partial charge in [0, 0.05) is 6.42 Å². The first kappa shape index (κ1) is 14.8.